The van der Waals surface area contributed by atoms with Crippen LogP contribution in [-0.4, -0.2) is 25.2 Å². The first kappa shape index (κ1) is 9.77. The molecule has 0 radical (unpaired) electrons. The second-order valence-corrected chi connectivity index (χ2v) is 4.64. The van der Waals surface area contributed by atoms with Crippen LogP contribution in [0.4, 0.5) is 4.79 Å². The molecule has 4 nitrogen and oxygen atoms in total. The smallest absolute Gasteiger partial charge is 0.315 e. The molecule has 0 heterocycles. The SMILES string of the molecule is NCCC1(CNC(=O)NC2CC2)CC1. The quantitative estimate of drug-likeness (QED) is 0.603. The molecule has 0 unspecified atom stereocenters. The molecule has 2 rings (SSSR count). The predicted molar refractivity (Wildman–Crippen MR) is 54.9 cm³/mol. The van der Waals surface area contributed by atoms with Crippen LogP contribution in [0.3, 0.4) is 0 Å². The molecule has 2 amide bonds. The van der Waals surface area contributed by atoms with E-state index in [2.05, 4.69) is 10.6 Å². The highest BCUT2D eigenvalue weighted by Gasteiger charge is 2.41. The first-order chi connectivity index (χ1) is 6.74. The molecule has 0 bridgehead atoms. The van der Waals surface area contributed by atoms with E-state index in [1.165, 1.54) is 12.8 Å². The monoisotopic (exact) mass is 197 g/mol. The highest BCUT2D eigenvalue weighted by Crippen LogP contribution is 2.47. The lowest BCUT2D eigenvalue weighted by Crippen LogP contribution is -2.40. The normalized spacial score (nSPS) is 22.9. The molecule has 14 heavy (non-hydrogen) atoms. The zero-order valence-electron chi connectivity index (χ0n) is 8.51. The maximum absolute atomic E-state index is 11.3. The molecule has 0 saturated heterocycles. The van der Waals surface area contributed by atoms with Gasteiger partial charge in [0.2, 0.25) is 0 Å². The minimum atomic E-state index is -0.00389. The fraction of sp³-hybridized carbons (Fsp3) is 0.900. The van der Waals surface area contributed by atoms with E-state index in [0.29, 0.717) is 11.5 Å². The lowest BCUT2D eigenvalue weighted by Gasteiger charge is -2.14. The summed E-state index contributed by atoms with van der Waals surface area (Å²) in [6.45, 7) is 1.52. The van der Waals surface area contributed by atoms with Gasteiger partial charge in [-0.3, -0.25) is 0 Å². The Kier molecular flexibility index (Phi) is 2.63. The maximum atomic E-state index is 11.3. The molecule has 4 heteroatoms. The van der Waals surface area contributed by atoms with Gasteiger partial charge < -0.3 is 16.4 Å². The lowest BCUT2D eigenvalue weighted by atomic mass is 10.0. The zero-order valence-corrected chi connectivity index (χ0v) is 8.51. The average Bonchev–Trinajstić information content (AvgIpc) is 3.00. The molecular formula is C10H19N3O. The number of carbonyl (C=O) groups excluding carboxylic acids is 1. The van der Waals surface area contributed by atoms with Crippen LogP contribution in [0.5, 0.6) is 0 Å². The number of rotatable bonds is 5. The fourth-order valence-corrected chi connectivity index (χ4v) is 1.73. The molecular weight excluding hydrogens is 178 g/mol. The van der Waals surface area contributed by atoms with Gasteiger partial charge in [0.15, 0.2) is 0 Å². The van der Waals surface area contributed by atoms with Crippen molar-refractivity contribution in [2.24, 2.45) is 11.1 Å². The first-order valence-electron chi connectivity index (χ1n) is 5.49. The Bertz CT molecular complexity index is 221. The van der Waals surface area contributed by atoms with Crippen LogP contribution < -0.4 is 16.4 Å². The standard InChI is InChI=1S/C10H19N3O/c11-6-5-10(3-4-10)7-12-9(14)13-8-1-2-8/h8H,1-7,11H2,(H2,12,13,14). The Morgan fingerprint density at radius 3 is 2.64 bits per heavy atom. The molecule has 2 saturated carbocycles. The average molecular weight is 197 g/mol. The van der Waals surface area contributed by atoms with Crippen LogP contribution in [0.2, 0.25) is 0 Å². The number of hydrogen-bond donors (Lipinski definition) is 3. The summed E-state index contributed by atoms with van der Waals surface area (Å²) < 4.78 is 0. The third-order valence-electron chi connectivity index (χ3n) is 3.17. The van der Waals surface area contributed by atoms with Crippen molar-refractivity contribution in [1.82, 2.24) is 10.6 Å². The van der Waals surface area contributed by atoms with Crippen LogP contribution in [0.15, 0.2) is 0 Å². The van der Waals surface area contributed by atoms with Gasteiger partial charge in [0.05, 0.1) is 0 Å². The summed E-state index contributed by atoms with van der Waals surface area (Å²) in [7, 11) is 0. The summed E-state index contributed by atoms with van der Waals surface area (Å²) in [5, 5.41) is 5.85. The summed E-state index contributed by atoms with van der Waals surface area (Å²) in [5.74, 6) is 0. The van der Waals surface area contributed by atoms with Crippen LogP contribution in [-0.2, 0) is 0 Å². The summed E-state index contributed by atoms with van der Waals surface area (Å²) in [6.07, 6.45) is 5.75. The summed E-state index contributed by atoms with van der Waals surface area (Å²) in [5.41, 5.74) is 5.87. The first-order valence-corrected chi connectivity index (χ1v) is 5.49. The Hall–Kier alpha value is -0.770. The van der Waals surface area contributed by atoms with Crippen LogP contribution in [0, 0.1) is 5.41 Å². The highest BCUT2D eigenvalue weighted by atomic mass is 16.2. The minimum absolute atomic E-state index is 0.00389. The minimum Gasteiger partial charge on any atom is -0.338 e. The topological polar surface area (TPSA) is 67.1 Å². The maximum Gasteiger partial charge on any atom is 0.315 e. The van der Waals surface area contributed by atoms with Crippen molar-refractivity contribution < 1.29 is 4.79 Å². The molecule has 2 aliphatic carbocycles. The number of nitrogens with two attached hydrogens (primary N) is 1. The van der Waals surface area contributed by atoms with E-state index >= 15 is 0 Å². The number of nitrogens with one attached hydrogen (secondary N) is 2. The summed E-state index contributed by atoms with van der Waals surface area (Å²) >= 11 is 0. The van der Waals surface area contributed by atoms with Crippen LogP contribution in [0.25, 0.3) is 0 Å². The lowest BCUT2D eigenvalue weighted by molar-refractivity contribution is 0.237. The van der Waals surface area contributed by atoms with Gasteiger partial charge in [-0.05, 0) is 44.1 Å². The largest absolute Gasteiger partial charge is 0.338 e. The Balaban J connectivity index is 1.63. The molecule has 80 valence electrons. The zero-order chi connectivity index (χ0) is 10.0. The number of hydrogen-bond acceptors (Lipinski definition) is 2. The van der Waals surface area contributed by atoms with Crippen molar-refractivity contribution in [3.63, 3.8) is 0 Å². The molecule has 2 fully saturated rings. The van der Waals surface area contributed by atoms with Gasteiger partial charge in [-0.25, -0.2) is 4.79 Å². The molecule has 2 aliphatic rings. The molecule has 0 aromatic carbocycles. The van der Waals surface area contributed by atoms with Gasteiger partial charge in [0.1, 0.15) is 0 Å². The molecule has 4 N–H and O–H groups in total. The van der Waals surface area contributed by atoms with Gasteiger partial charge in [-0.2, -0.15) is 0 Å². The highest BCUT2D eigenvalue weighted by molar-refractivity contribution is 5.74. The van der Waals surface area contributed by atoms with Crippen molar-refractivity contribution >= 4 is 6.03 Å². The van der Waals surface area contributed by atoms with E-state index in [1.807, 2.05) is 0 Å². The van der Waals surface area contributed by atoms with E-state index < -0.39 is 0 Å². The molecule has 0 aromatic heterocycles. The Labute approximate surface area is 84.6 Å². The third kappa shape index (κ3) is 2.61. The molecule has 0 aromatic rings. The predicted octanol–water partition coefficient (Wildman–Crippen LogP) is 0.577. The number of urea groups is 1. The summed E-state index contributed by atoms with van der Waals surface area (Å²) in [4.78, 5) is 11.3. The Morgan fingerprint density at radius 2 is 2.14 bits per heavy atom. The van der Waals surface area contributed by atoms with Crippen LogP contribution in [0.1, 0.15) is 32.1 Å². The van der Waals surface area contributed by atoms with Crippen molar-refractivity contribution in [1.29, 1.82) is 0 Å². The van der Waals surface area contributed by atoms with E-state index in [0.717, 1.165) is 32.4 Å². The van der Waals surface area contributed by atoms with Gasteiger partial charge in [-0.1, -0.05) is 0 Å². The van der Waals surface area contributed by atoms with Crippen molar-refractivity contribution in [3.8, 4) is 0 Å². The Morgan fingerprint density at radius 1 is 1.43 bits per heavy atom. The number of carbonyl (C=O) groups is 1. The molecule has 0 aliphatic heterocycles. The number of amides is 2. The second kappa shape index (κ2) is 3.77. The van der Waals surface area contributed by atoms with Gasteiger partial charge in [-0.15, -0.1) is 0 Å². The van der Waals surface area contributed by atoms with Gasteiger partial charge >= 0.3 is 6.03 Å². The summed E-state index contributed by atoms with van der Waals surface area (Å²) in [6, 6.07) is 0.440. The third-order valence-corrected chi connectivity index (χ3v) is 3.17. The van der Waals surface area contributed by atoms with E-state index in [1.54, 1.807) is 0 Å². The van der Waals surface area contributed by atoms with E-state index in [9.17, 15) is 4.79 Å². The van der Waals surface area contributed by atoms with Crippen molar-refractivity contribution in [2.75, 3.05) is 13.1 Å². The molecule has 0 spiro atoms. The van der Waals surface area contributed by atoms with Gasteiger partial charge in [0, 0.05) is 12.6 Å². The van der Waals surface area contributed by atoms with E-state index in [-0.39, 0.29) is 6.03 Å². The van der Waals surface area contributed by atoms with Crippen LogP contribution >= 0.6 is 0 Å². The van der Waals surface area contributed by atoms with Crippen molar-refractivity contribution in [2.45, 2.75) is 38.1 Å². The van der Waals surface area contributed by atoms with Gasteiger partial charge in [0.25, 0.3) is 0 Å². The van der Waals surface area contributed by atoms with E-state index in [4.69, 9.17) is 5.73 Å². The molecule has 0 atom stereocenters. The second-order valence-electron chi connectivity index (χ2n) is 4.64. The van der Waals surface area contributed by atoms with Crippen molar-refractivity contribution in [3.05, 3.63) is 0 Å². The fourth-order valence-electron chi connectivity index (χ4n) is 1.73.